The third-order valence-electron chi connectivity index (χ3n) is 3.97. The Balaban J connectivity index is 1.53. The lowest BCUT2D eigenvalue weighted by Gasteiger charge is -2.11. The van der Waals surface area contributed by atoms with Crippen LogP contribution in [0.15, 0.2) is 36.7 Å². The van der Waals surface area contributed by atoms with Gasteiger partial charge in [-0.2, -0.15) is 0 Å². The van der Waals surface area contributed by atoms with Gasteiger partial charge in [0.25, 0.3) is 5.91 Å². The van der Waals surface area contributed by atoms with Gasteiger partial charge in [0.15, 0.2) is 0 Å². The van der Waals surface area contributed by atoms with E-state index < -0.39 is 0 Å². The molecule has 0 saturated heterocycles. The summed E-state index contributed by atoms with van der Waals surface area (Å²) in [5.41, 5.74) is 1.39. The molecule has 6 heteroatoms. The molecule has 1 aromatic heterocycles. The van der Waals surface area contributed by atoms with Gasteiger partial charge < -0.3 is 10.6 Å². The zero-order valence-electron chi connectivity index (χ0n) is 12.8. The number of rotatable bonds is 5. The van der Waals surface area contributed by atoms with Crippen molar-refractivity contribution in [1.82, 2.24) is 15.3 Å². The first kappa shape index (κ1) is 15.4. The number of anilines is 1. The molecule has 3 rings (SSSR count). The van der Waals surface area contributed by atoms with Gasteiger partial charge in [-0.3, -0.25) is 4.79 Å². The second-order valence-electron chi connectivity index (χ2n) is 5.73. The van der Waals surface area contributed by atoms with Crippen LogP contribution in [-0.2, 0) is 6.54 Å². The predicted octanol–water partition coefficient (Wildman–Crippen LogP) is 2.90. The average molecular weight is 314 g/mol. The Bertz CT molecular complexity index is 651. The molecule has 5 nitrogen and oxygen atoms in total. The molecule has 1 saturated carbocycles. The van der Waals surface area contributed by atoms with Gasteiger partial charge in [0.05, 0.1) is 5.56 Å². The number of amides is 1. The number of benzene rings is 1. The molecule has 0 aliphatic heterocycles. The summed E-state index contributed by atoms with van der Waals surface area (Å²) in [5, 5.41) is 6.05. The molecule has 0 unspecified atom stereocenters. The zero-order valence-corrected chi connectivity index (χ0v) is 12.8. The van der Waals surface area contributed by atoms with E-state index in [1.807, 2.05) is 0 Å². The largest absolute Gasteiger partial charge is 0.350 e. The van der Waals surface area contributed by atoms with Crippen molar-refractivity contribution in [3.05, 3.63) is 53.6 Å². The summed E-state index contributed by atoms with van der Waals surface area (Å²) in [6.07, 6.45) is 7.48. The highest BCUT2D eigenvalue weighted by Crippen LogP contribution is 2.18. The van der Waals surface area contributed by atoms with Crippen LogP contribution >= 0.6 is 0 Å². The molecular formula is C17H19FN4O. The molecule has 1 fully saturated rings. The maximum Gasteiger partial charge on any atom is 0.254 e. The maximum absolute atomic E-state index is 12.8. The molecule has 1 aliphatic rings. The lowest BCUT2D eigenvalue weighted by atomic mass is 10.2. The Kier molecular flexibility index (Phi) is 4.80. The highest BCUT2D eigenvalue weighted by Gasteiger charge is 2.18. The molecule has 23 heavy (non-hydrogen) atoms. The Labute approximate surface area is 134 Å². The van der Waals surface area contributed by atoms with Crippen LogP contribution in [0.4, 0.5) is 10.3 Å². The normalized spacial score (nSPS) is 14.7. The van der Waals surface area contributed by atoms with Crippen molar-refractivity contribution in [2.45, 2.75) is 38.3 Å². The minimum atomic E-state index is -0.261. The molecule has 2 N–H and O–H groups in total. The van der Waals surface area contributed by atoms with Crippen molar-refractivity contribution in [3.8, 4) is 0 Å². The van der Waals surface area contributed by atoms with E-state index in [4.69, 9.17) is 0 Å². The molecule has 1 aromatic carbocycles. The van der Waals surface area contributed by atoms with Crippen molar-refractivity contribution < 1.29 is 9.18 Å². The van der Waals surface area contributed by atoms with E-state index in [9.17, 15) is 9.18 Å². The van der Waals surface area contributed by atoms with Crippen LogP contribution < -0.4 is 10.6 Å². The quantitative estimate of drug-likeness (QED) is 0.890. The van der Waals surface area contributed by atoms with Crippen LogP contribution in [0.2, 0.25) is 0 Å². The van der Waals surface area contributed by atoms with E-state index in [0.29, 0.717) is 18.1 Å². The van der Waals surface area contributed by atoms with Gasteiger partial charge in [-0.15, -0.1) is 0 Å². The van der Waals surface area contributed by atoms with Crippen LogP contribution in [0.1, 0.15) is 41.6 Å². The molecular weight excluding hydrogens is 295 g/mol. The number of hydrogen-bond donors (Lipinski definition) is 2. The number of aromatic nitrogens is 2. The second kappa shape index (κ2) is 7.17. The van der Waals surface area contributed by atoms with E-state index in [-0.39, 0.29) is 17.8 Å². The number of carbonyl (C=O) groups is 1. The van der Waals surface area contributed by atoms with Crippen molar-refractivity contribution in [3.63, 3.8) is 0 Å². The molecule has 1 heterocycles. The summed E-state index contributed by atoms with van der Waals surface area (Å²) in [6, 6.07) is 6.50. The second-order valence-corrected chi connectivity index (χ2v) is 5.73. The lowest BCUT2D eigenvalue weighted by Crippen LogP contribution is -2.32. The number of nitrogens with one attached hydrogen (secondary N) is 2. The summed E-state index contributed by atoms with van der Waals surface area (Å²) < 4.78 is 12.8. The van der Waals surface area contributed by atoms with E-state index in [0.717, 1.165) is 18.4 Å². The molecule has 0 radical (unpaired) electrons. The SMILES string of the molecule is O=C(NC1CCCC1)c1cnc(NCc2ccc(F)cc2)nc1. The topological polar surface area (TPSA) is 66.9 Å². The van der Waals surface area contributed by atoms with E-state index in [1.54, 1.807) is 12.1 Å². The Hall–Kier alpha value is -2.50. The van der Waals surface area contributed by atoms with Gasteiger partial charge in [-0.05, 0) is 30.5 Å². The van der Waals surface area contributed by atoms with Gasteiger partial charge in [-0.1, -0.05) is 25.0 Å². The summed E-state index contributed by atoms with van der Waals surface area (Å²) in [5.74, 6) is 0.0522. The van der Waals surface area contributed by atoms with Crippen LogP contribution in [0, 0.1) is 5.82 Å². The highest BCUT2D eigenvalue weighted by atomic mass is 19.1. The van der Waals surface area contributed by atoms with Gasteiger partial charge in [0, 0.05) is 25.0 Å². The number of hydrogen-bond acceptors (Lipinski definition) is 4. The van der Waals surface area contributed by atoms with E-state index >= 15 is 0 Å². The first-order chi connectivity index (χ1) is 11.2. The van der Waals surface area contributed by atoms with Crippen molar-refractivity contribution in [2.24, 2.45) is 0 Å². The summed E-state index contributed by atoms with van der Waals surface area (Å²) in [7, 11) is 0. The highest BCUT2D eigenvalue weighted by molar-refractivity contribution is 5.93. The van der Waals surface area contributed by atoms with Crippen molar-refractivity contribution in [1.29, 1.82) is 0 Å². The molecule has 2 aromatic rings. The molecule has 1 amide bonds. The van der Waals surface area contributed by atoms with Gasteiger partial charge in [0.2, 0.25) is 5.95 Å². The Morgan fingerprint density at radius 3 is 2.43 bits per heavy atom. The number of carbonyl (C=O) groups excluding carboxylic acids is 1. The molecule has 1 aliphatic carbocycles. The van der Waals surface area contributed by atoms with Crippen molar-refractivity contribution >= 4 is 11.9 Å². The lowest BCUT2D eigenvalue weighted by molar-refractivity contribution is 0.0937. The first-order valence-electron chi connectivity index (χ1n) is 7.82. The first-order valence-corrected chi connectivity index (χ1v) is 7.82. The van der Waals surface area contributed by atoms with Gasteiger partial charge >= 0.3 is 0 Å². The fraction of sp³-hybridized carbons (Fsp3) is 0.353. The summed E-state index contributed by atoms with van der Waals surface area (Å²) >= 11 is 0. The molecule has 120 valence electrons. The number of nitrogens with zero attached hydrogens (tertiary/aromatic N) is 2. The van der Waals surface area contributed by atoms with Crippen LogP contribution in [-0.4, -0.2) is 21.9 Å². The molecule has 0 spiro atoms. The minimum absolute atomic E-state index is 0.123. The Morgan fingerprint density at radius 1 is 1.13 bits per heavy atom. The van der Waals surface area contributed by atoms with Crippen LogP contribution in [0.3, 0.4) is 0 Å². The minimum Gasteiger partial charge on any atom is -0.350 e. The molecule has 0 atom stereocenters. The summed E-state index contributed by atoms with van der Waals surface area (Å²) in [6.45, 7) is 0.494. The fourth-order valence-electron chi connectivity index (χ4n) is 2.66. The number of halogens is 1. The average Bonchev–Trinajstić information content (AvgIpc) is 3.08. The monoisotopic (exact) mass is 314 g/mol. The summed E-state index contributed by atoms with van der Waals surface area (Å²) in [4.78, 5) is 20.4. The molecule has 0 bridgehead atoms. The predicted molar refractivity (Wildman–Crippen MR) is 85.5 cm³/mol. The van der Waals surface area contributed by atoms with Crippen LogP contribution in [0.5, 0.6) is 0 Å². The standard InChI is InChI=1S/C17H19FN4O/c18-14-7-5-12(6-8-14)9-19-17-20-10-13(11-21-17)16(23)22-15-3-1-2-4-15/h5-8,10-11,15H,1-4,9H2,(H,22,23)(H,19,20,21). The van der Waals surface area contributed by atoms with E-state index in [2.05, 4.69) is 20.6 Å². The fourth-order valence-corrected chi connectivity index (χ4v) is 2.66. The maximum atomic E-state index is 12.8. The van der Waals surface area contributed by atoms with Crippen molar-refractivity contribution in [2.75, 3.05) is 5.32 Å². The smallest absolute Gasteiger partial charge is 0.254 e. The van der Waals surface area contributed by atoms with Crippen LogP contribution in [0.25, 0.3) is 0 Å². The third-order valence-corrected chi connectivity index (χ3v) is 3.97. The third kappa shape index (κ3) is 4.25. The zero-order chi connectivity index (χ0) is 16.1. The van der Waals surface area contributed by atoms with E-state index in [1.165, 1.54) is 37.4 Å². The Morgan fingerprint density at radius 2 is 1.78 bits per heavy atom. The van der Waals surface area contributed by atoms with Gasteiger partial charge in [0.1, 0.15) is 5.82 Å². The van der Waals surface area contributed by atoms with Gasteiger partial charge in [-0.25, -0.2) is 14.4 Å².